The van der Waals surface area contributed by atoms with Crippen molar-refractivity contribution in [3.05, 3.63) is 70.8 Å². The third-order valence-corrected chi connectivity index (χ3v) is 5.84. The number of nitrogens with zero attached hydrogens (tertiary/aromatic N) is 1. The molecular weight excluding hydrogens is 401 g/mol. The molecule has 0 saturated carbocycles. The van der Waals surface area contributed by atoms with E-state index in [4.69, 9.17) is 9.47 Å². The van der Waals surface area contributed by atoms with Crippen molar-refractivity contribution in [3.63, 3.8) is 0 Å². The van der Waals surface area contributed by atoms with Gasteiger partial charge in [-0.2, -0.15) is 0 Å². The number of fused-ring (bicyclic) bond motifs is 1. The van der Waals surface area contributed by atoms with Gasteiger partial charge in [0.15, 0.2) is 17.3 Å². The quantitative estimate of drug-likeness (QED) is 0.667. The minimum absolute atomic E-state index is 0. The molecule has 4 rings (SSSR count). The Bertz CT molecular complexity index is 886. The largest absolute Gasteiger partial charge is 0.493 e. The monoisotopic (exact) mass is 428 g/mol. The smallest absolute Gasteiger partial charge is 0.189 e. The van der Waals surface area contributed by atoms with Crippen LogP contribution in [0.3, 0.4) is 0 Å². The SMILES string of the molecule is COc1cc2c(cc1OC)C(=O)/C(=C/C1CCN(Cc3ccccc3)CC1)C2.[V]. The first-order chi connectivity index (χ1) is 13.7. The number of ketones is 1. The molecule has 1 heterocycles. The number of likely N-dealkylation sites (tertiary alicyclic amines) is 1. The number of carbonyl (C=O) groups excluding carboxylic acids is 1. The molecule has 0 N–H and O–H groups in total. The molecule has 2 aromatic rings. The first kappa shape index (κ1) is 21.7. The van der Waals surface area contributed by atoms with Crippen LogP contribution in [0, 0.1) is 5.92 Å². The molecule has 5 heteroatoms. The summed E-state index contributed by atoms with van der Waals surface area (Å²) >= 11 is 0. The molecule has 1 aliphatic carbocycles. The van der Waals surface area contributed by atoms with Gasteiger partial charge in [0.05, 0.1) is 14.2 Å². The molecule has 0 aromatic heterocycles. The Morgan fingerprint density at radius 1 is 1.03 bits per heavy atom. The molecule has 0 bridgehead atoms. The summed E-state index contributed by atoms with van der Waals surface area (Å²) in [7, 11) is 3.23. The van der Waals surface area contributed by atoms with Crippen LogP contribution in [0.15, 0.2) is 54.1 Å². The van der Waals surface area contributed by atoms with Crippen LogP contribution in [0.25, 0.3) is 0 Å². The number of ether oxygens (including phenoxy) is 2. The zero-order valence-electron chi connectivity index (χ0n) is 17.1. The number of methoxy groups -OCH3 is 2. The number of benzene rings is 2. The second-order valence-corrected chi connectivity index (χ2v) is 7.66. The molecular formula is C24H27NO3V. The molecule has 2 aliphatic rings. The third kappa shape index (κ3) is 4.77. The number of Topliss-reactive ketones (excluding diaryl/α,β-unsaturated/α-hetero) is 1. The molecule has 1 radical (unpaired) electrons. The van der Waals surface area contributed by atoms with Crippen molar-refractivity contribution >= 4 is 5.78 Å². The van der Waals surface area contributed by atoms with Gasteiger partial charge in [-0.05, 0) is 55.1 Å². The van der Waals surface area contributed by atoms with E-state index in [9.17, 15) is 4.79 Å². The van der Waals surface area contributed by atoms with E-state index in [1.807, 2.05) is 12.1 Å². The second kappa shape index (κ2) is 9.66. The molecule has 151 valence electrons. The van der Waals surface area contributed by atoms with Crippen LogP contribution in [0.4, 0.5) is 0 Å². The standard InChI is InChI=1S/C24H27NO3.V/c1-27-22-14-19-13-20(24(26)21(19)15-23(22)28-2)12-17-8-10-25(11-9-17)16-18-6-4-3-5-7-18;/h3-7,12,14-15,17H,8-11,13,16H2,1-2H3;/b20-12+;. The van der Waals surface area contributed by atoms with Crippen molar-refractivity contribution in [1.82, 2.24) is 4.90 Å². The molecule has 0 amide bonds. The average Bonchev–Trinajstić information content (AvgIpc) is 3.03. The minimum atomic E-state index is 0. The summed E-state index contributed by atoms with van der Waals surface area (Å²) in [4.78, 5) is 15.4. The van der Waals surface area contributed by atoms with Crippen LogP contribution in [-0.4, -0.2) is 38.0 Å². The van der Waals surface area contributed by atoms with E-state index in [0.29, 0.717) is 23.8 Å². The number of allylic oxidation sites excluding steroid dienone is 2. The van der Waals surface area contributed by atoms with Crippen molar-refractivity contribution in [2.75, 3.05) is 27.3 Å². The van der Waals surface area contributed by atoms with Crippen LogP contribution in [0.2, 0.25) is 0 Å². The van der Waals surface area contributed by atoms with Gasteiger partial charge in [0.2, 0.25) is 0 Å². The molecule has 2 aromatic carbocycles. The number of carbonyl (C=O) groups is 1. The van der Waals surface area contributed by atoms with Gasteiger partial charge in [0, 0.05) is 42.7 Å². The fourth-order valence-corrected chi connectivity index (χ4v) is 4.28. The van der Waals surface area contributed by atoms with E-state index in [1.54, 1.807) is 14.2 Å². The fraction of sp³-hybridized carbons (Fsp3) is 0.375. The van der Waals surface area contributed by atoms with Gasteiger partial charge < -0.3 is 9.47 Å². The topological polar surface area (TPSA) is 38.8 Å². The average molecular weight is 428 g/mol. The van der Waals surface area contributed by atoms with Crippen LogP contribution >= 0.6 is 0 Å². The van der Waals surface area contributed by atoms with Crippen molar-refractivity contribution in [3.8, 4) is 11.5 Å². The summed E-state index contributed by atoms with van der Waals surface area (Å²) in [6.07, 6.45) is 5.12. The molecule has 29 heavy (non-hydrogen) atoms. The first-order valence-electron chi connectivity index (χ1n) is 9.94. The summed E-state index contributed by atoms with van der Waals surface area (Å²) in [5.74, 6) is 1.92. The van der Waals surface area contributed by atoms with Gasteiger partial charge in [-0.1, -0.05) is 36.4 Å². The molecule has 1 fully saturated rings. The molecule has 1 saturated heterocycles. The van der Waals surface area contributed by atoms with E-state index in [0.717, 1.165) is 49.2 Å². The Labute approximate surface area is 184 Å². The fourth-order valence-electron chi connectivity index (χ4n) is 4.28. The molecule has 0 unspecified atom stereocenters. The molecule has 0 spiro atoms. The van der Waals surface area contributed by atoms with E-state index in [1.165, 1.54) is 5.56 Å². The van der Waals surface area contributed by atoms with Crippen LogP contribution in [0.5, 0.6) is 11.5 Å². The van der Waals surface area contributed by atoms with Crippen LogP contribution in [-0.2, 0) is 31.5 Å². The number of piperidine rings is 1. The van der Waals surface area contributed by atoms with Crippen molar-refractivity contribution in [1.29, 1.82) is 0 Å². The van der Waals surface area contributed by atoms with Crippen molar-refractivity contribution < 1.29 is 32.8 Å². The van der Waals surface area contributed by atoms with E-state index in [2.05, 4.69) is 41.3 Å². The normalized spacial score (nSPS) is 18.4. The summed E-state index contributed by atoms with van der Waals surface area (Å²) in [5.41, 5.74) is 4.08. The second-order valence-electron chi connectivity index (χ2n) is 7.66. The van der Waals surface area contributed by atoms with Gasteiger partial charge in [-0.3, -0.25) is 9.69 Å². The van der Waals surface area contributed by atoms with Crippen LogP contribution < -0.4 is 9.47 Å². The Balaban J connectivity index is 0.00000240. The molecule has 1 aliphatic heterocycles. The van der Waals surface area contributed by atoms with Gasteiger partial charge in [-0.25, -0.2) is 0 Å². The van der Waals surface area contributed by atoms with Gasteiger partial charge in [0.25, 0.3) is 0 Å². The van der Waals surface area contributed by atoms with E-state index >= 15 is 0 Å². The summed E-state index contributed by atoms with van der Waals surface area (Å²) in [5, 5.41) is 0. The maximum absolute atomic E-state index is 12.9. The Hall–Kier alpha value is -2.01. The number of hydrogen-bond acceptors (Lipinski definition) is 4. The summed E-state index contributed by atoms with van der Waals surface area (Å²) in [6.45, 7) is 3.16. The van der Waals surface area contributed by atoms with Gasteiger partial charge in [0.1, 0.15) is 0 Å². The maximum atomic E-state index is 12.9. The predicted molar refractivity (Wildman–Crippen MR) is 110 cm³/mol. The summed E-state index contributed by atoms with van der Waals surface area (Å²) in [6, 6.07) is 14.4. The first-order valence-corrected chi connectivity index (χ1v) is 9.94. The Kier molecular flexibility index (Phi) is 7.23. The number of hydrogen-bond donors (Lipinski definition) is 0. The zero-order valence-corrected chi connectivity index (χ0v) is 18.5. The van der Waals surface area contributed by atoms with E-state index < -0.39 is 0 Å². The van der Waals surface area contributed by atoms with Crippen molar-refractivity contribution in [2.45, 2.75) is 25.8 Å². The Morgan fingerprint density at radius 3 is 2.34 bits per heavy atom. The number of rotatable bonds is 5. The maximum Gasteiger partial charge on any atom is 0.189 e. The minimum Gasteiger partial charge on any atom is -0.493 e. The van der Waals surface area contributed by atoms with E-state index in [-0.39, 0.29) is 24.3 Å². The van der Waals surface area contributed by atoms with Gasteiger partial charge >= 0.3 is 0 Å². The van der Waals surface area contributed by atoms with Gasteiger partial charge in [-0.15, -0.1) is 0 Å². The molecule has 0 atom stereocenters. The third-order valence-electron chi connectivity index (χ3n) is 5.84. The summed E-state index contributed by atoms with van der Waals surface area (Å²) < 4.78 is 10.7. The zero-order chi connectivity index (χ0) is 19.5. The Morgan fingerprint density at radius 2 is 1.69 bits per heavy atom. The molecule has 4 nitrogen and oxygen atoms in total. The van der Waals surface area contributed by atoms with Crippen molar-refractivity contribution in [2.24, 2.45) is 5.92 Å². The van der Waals surface area contributed by atoms with Crippen LogP contribution in [0.1, 0.15) is 34.3 Å². The predicted octanol–water partition coefficient (Wildman–Crippen LogP) is 4.28.